The highest BCUT2D eigenvalue weighted by Gasteiger charge is 2.35. The first-order chi connectivity index (χ1) is 9.79. The van der Waals surface area contributed by atoms with E-state index in [4.69, 9.17) is 9.47 Å². The van der Waals surface area contributed by atoms with Gasteiger partial charge >= 0.3 is 6.09 Å². The van der Waals surface area contributed by atoms with E-state index in [1.165, 1.54) is 0 Å². The molecule has 1 fully saturated rings. The fourth-order valence-corrected chi connectivity index (χ4v) is 2.37. The van der Waals surface area contributed by atoms with Crippen molar-refractivity contribution in [3.8, 4) is 5.75 Å². The van der Waals surface area contributed by atoms with Crippen molar-refractivity contribution in [2.45, 2.75) is 6.04 Å². The molecule has 0 aromatic heterocycles. The van der Waals surface area contributed by atoms with Crippen LogP contribution in [0.1, 0.15) is 11.6 Å². The Hall–Kier alpha value is -2.49. The molecule has 0 N–H and O–H groups in total. The molecule has 4 heteroatoms. The van der Waals surface area contributed by atoms with Crippen molar-refractivity contribution in [2.24, 2.45) is 0 Å². The van der Waals surface area contributed by atoms with Crippen LogP contribution < -0.4 is 9.64 Å². The fraction of sp³-hybridized carbons (Fsp3) is 0.188. The molecule has 3 rings (SSSR count). The predicted molar refractivity (Wildman–Crippen MR) is 76.0 cm³/mol. The minimum Gasteiger partial charge on any atom is -0.497 e. The molecular formula is C16H15NO3. The first-order valence-electron chi connectivity index (χ1n) is 6.44. The van der Waals surface area contributed by atoms with Crippen molar-refractivity contribution in [2.75, 3.05) is 18.6 Å². The Kier molecular flexibility index (Phi) is 3.29. The lowest BCUT2D eigenvalue weighted by Crippen LogP contribution is -2.27. The van der Waals surface area contributed by atoms with Crippen molar-refractivity contribution in [3.63, 3.8) is 0 Å². The van der Waals surface area contributed by atoms with Gasteiger partial charge in [0.15, 0.2) is 0 Å². The molecule has 0 bridgehead atoms. The molecule has 20 heavy (non-hydrogen) atoms. The highest BCUT2D eigenvalue weighted by molar-refractivity contribution is 5.90. The second-order valence-electron chi connectivity index (χ2n) is 4.57. The molecule has 0 unspecified atom stereocenters. The lowest BCUT2D eigenvalue weighted by Gasteiger charge is -2.21. The van der Waals surface area contributed by atoms with E-state index in [0.29, 0.717) is 6.61 Å². The zero-order valence-electron chi connectivity index (χ0n) is 11.2. The summed E-state index contributed by atoms with van der Waals surface area (Å²) in [5.41, 5.74) is 1.87. The molecule has 4 nitrogen and oxygen atoms in total. The second-order valence-corrected chi connectivity index (χ2v) is 4.57. The third-order valence-electron chi connectivity index (χ3n) is 3.41. The Labute approximate surface area is 117 Å². The van der Waals surface area contributed by atoms with Crippen molar-refractivity contribution in [3.05, 3.63) is 60.2 Å². The molecule has 1 saturated heterocycles. The average Bonchev–Trinajstić information content (AvgIpc) is 2.90. The number of benzene rings is 2. The van der Waals surface area contributed by atoms with E-state index in [9.17, 15) is 4.79 Å². The summed E-state index contributed by atoms with van der Waals surface area (Å²) in [4.78, 5) is 13.7. The number of ether oxygens (including phenoxy) is 2. The van der Waals surface area contributed by atoms with Gasteiger partial charge in [-0.1, -0.05) is 30.3 Å². The predicted octanol–water partition coefficient (Wildman–Crippen LogP) is 3.39. The normalized spacial score (nSPS) is 17.9. The van der Waals surface area contributed by atoms with E-state index in [2.05, 4.69) is 0 Å². The Morgan fingerprint density at radius 3 is 2.45 bits per heavy atom. The molecule has 0 aliphatic carbocycles. The summed E-state index contributed by atoms with van der Waals surface area (Å²) in [5.74, 6) is 0.762. The Bertz CT molecular complexity index is 595. The van der Waals surface area contributed by atoms with Crippen LogP contribution in [0.2, 0.25) is 0 Å². The molecule has 0 radical (unpaired) electrons. The van der Waals surface area contributed by atoms with Crippen LogP contribution in [0.4, 0.5) is 10.5 Å². The first-order valence-corrected chi connectivity index (χ1v) is 6.44. The average molecular weight is 269 g/mol. The highest BCUT2D eigenvalue weighted by Crippen LogP contribution is 2.33. The maximum absolute atomic E-state index is 12.0. The van der Waals surface area contributed by atoms with Crippen molar-refractivity contribution in [1.82, 2.24) is 0 Å². The van der Waals surface area contributed by atoms with Crippen LogP contribution >= 0.6 is 0 Å². The molecule has 1 amide bonds. The molecule has 0 saturated carbocycles. The zero-order chi connectivity index (χ0) is 13.9. The van der Waals surface area contributed by atoms with Crippen LogP contribution in [0.25, 0.3) is 0 Å². The molecule has 102 valence electrons. The molecule has 2 aromatic carbocycles. The number of nitrogens with zero attached hydrogens (tertiary/aromatic N) is 1. The smallest absolute Gasteiger partial charge is 0.415 e. The highest BCUT2D eigenvalue weighted by atomic mass is 16.6. The molecular weight excluding hydrogens is 254 g/mol. The van der Waals surface area contributed by atoms with Gasteiger partial charge in [-0.25, -0.2) is 4.79 Å². The van der Waals surface area contributed by atoms with Gasteiger partial charge in [0, 0.05) is 5.69 Å². The summed E-state index contributed by atoms with van der Waals surface area (Å²) in [5, 5.41) is 0. The Balaban J connectivity index is 1.94. The minimum atomic E-state index is -0.316. The monoisotopic (exact) mass is 269 g/mol. The third kappa shape index (κ3) is 2.20. The number of hydrogen-bond acceptors (Lipinski definition) is 3. The van der Waals surface area contributed by atoms with Crippen molar-refractivity contribution >= 4 is 11.8 Å². The SMILES string of the molecule is COc1ccc(N2C(=O)OC[C@@H]2c2ccccc2)cc1. The zero-order valence-corrected chi connectivity index (χ0v) is 11.2. The minimum absolute atomic E-state index is 0.0860. The standard InChI is InChI=1S/C16H15NO3/c1-19-14-9-7-13(8-10-14)17-15(11-20-16(17)18)12-5-3-2-4-6-12/h2-10,15H,11H2,1H3/t15-/m1/s1. The van der Waals surface area contributed by atoms with Gasteiger partial charge in [-0.2, -0.15) is 0 Å². The summed E-state index contributed by atoms with van der Waals surface area (Å²) in [6, 6.07) is 17.2. The quantitative estimate of drug-likeness (QED) is 0.857. The number of cyclic esters (lactones) is 1. The van der Waals surface area contributed by atoms with Gasteiger partial charge in [0.05, 0.1) is 13.2 Å². The van der Waals surface area contributed by atoms with Crippen LogP contribution in [0, 0.1) is 0 Å². The summed E-state index contributed by atoms with van der Waals surface area (Å²) in [6.07, 6.45) is -0.316. The van der Waals surface area contributed by atoms with Gasteiger partial charge in [-0.15, -0.1) is 0 Å². The van der Waals surface area contributed by atoms with E-state index in [1.807, 2.05) is 54.6 Å². The van der Waals surface area contributed by atoms with Crippen LogP contribution in [0.5, 0.6) is 5.75 Å². The van der Waals surface area contributed by atoms with Gasteiger partial charge in [0.2, 0.25) is 0 Å². The van der Waals surface area contributed by atoms with Gasteiger partial charge in [-0.05, 0) is 29.8 Å². The topological polar surface area (TPSA) is 38.8 Å². The van der Waals surface area contributed by atoms with Crippen LogP contribution in [0.15, 0.2) is 54.6 Å². The maximum atomic E-state index is 12.0. The van der Waals surface area contributed by atoms with E-state index in [-0.39, 0.29) is 12.1 Å². The fourth-order valence-electron chi connectivity index (χ4n) is 2.37. The van der Waals surface area contributed by atoms with E-state index >= 15 is 0 Å². The molecule has 1 aliphatic heterocycles. The van der Waals surface area contributed by atoms with Crippen LogP contribution in [-0.4, -0.2) is 19.8 Å². The second kappa shape index (κ2) is 5.25. The summed E-state index contributed by atoms with van der Waals surface area (Å²) >= 11 is 0. The Morgan fingerprint density at radius 1 is 1.10 bits per heavy atom. The lowest BCUT2D eigenvalue weighted by molar-refractivity contribution is 0.179. The van der Waals surface area contributed by atoms with Crippen molar-refractivity contribution in [1.29, 1.82) is 0 Å². The van der Waals surface area contributed by atoms with Gasteiger partial charge in [0.1, 0.15) is 12.4 Å². The van der Waals surface area contributed by atoms with E-state index in [1.54, 1.807) is 12.0 Å². The summed E-state index contributed by atoms with van der Waals surface area (Å²) < 4.78 is 10.3. The molecule has 1 aliphatic rings. The lowest BCUT2D eigenvalue weighted by atomic mass is 10.1. The maximum Gasteiger partial charge on any atom is 0.415 e. The largest absolute Gasteiger partial charge is 0.497 e. The van der Waals surface area contributed by atoms with Gasteiger partial charge in [-0.3, -0.25) is 4.90 Å². The number of carbonyl (C=O) groups excluding carboxylic acids is 1. The number of hydrogen-bond donors (Lipinski definition) is 0. The molecule has 2 aromatic rings. The van der Waals surface area contributed by atoms with E-state index in [0.717, 1.165) is 17.0 Å². The summed E-state index contributed by atoms with van der Waals surface area (Å²) in [6.45, 7) is 0.370. The molecule has 1 heterocycles. The number of anilines is 1. The van der Waals surface area contributed by atoms with Gasteiger partial charge < -0.3 is 9.47 Å². The van der Waals surface area contributed by atoms with Crippen molar-refractivity contribution < 1.29 is 14.3 Å². The van der Waals surface area contributed by atoms with Crippen LogP contribution in [0.3, 0.4) is 0 Å². The Morgan fingerprint density at radius 2 is 1.80 bits per heavy atom. The summed E-state index contributed by atoms with van der Waals surface area (Å²) in [7, 11) is 1.62. The number of carbonyl (C=O) groups is 1. The van der Waals surface area contributed by atoms with Gasteiger partial charge in [0.25, 0.3) is 0 Å². The number of methoxy groups -OCH3 is 1. The van der Waals surface area contributed by atoms with Crippen LogP contribution in [-0.2, 0) is 4.74 Å². The molecule has 1 atom stereocenters. The number of rotatable bonds is 3. The number of amides is 1. The first kappa shape index (κ1) is 12.5. The molecule has 0 spiro atoms. The third-order valence-corrected chi connectivity index (χ3v) is 3.41. The van der Waals surface area contributed by atoms with E-state index < -0.39 is 0 Å².